The zero-order valence-corrected chi connectivity index (χ0v) is 10.9. The Balaban J connectivity index is 1.78. The molecule has 0 saturated heterocycles. The minimum atomic E-state index is -0.00374. The first-order valence-corrected chi connectivity index (χ1v) is 6.17. The molecule has 0 saturated carbocycles. The van der Waals surface area contributed by atoms with E-state index < -0.39 is 0 Å². The van der Waals surface area contributed by atoms with Crippen molar-refractivity contribution in [1.82, 2.24) is 4.98 Å². The van der Waals surface area contributed by atoms with Crippen LogP contribution in [0.3, 0.4) is 0 Å². The van der Waals surface area contributed by atoms with Gasteiger partial charge >= 0.3 is 0 Å². The number of hydrogen-bond acceptors (Lipinski definition) is 4. The third kappa shape index (κ3) is 3.96. The monoisotopic (exact) mass is 259 g/mol. The highest BCUT2D eigenvalue weighted by atomic mass is 16.5. The lowest BCUT2D eigenvalue weighted by Gasteiger charge is -2.09. The first-order chi connectivity index (χ1) is 9.29. The average Bonchev–Trinajstić information content (AvgIpc) is 2.45. The van der Waals surface area contributed by atoms with Gasteiger partial charge in [-0.15, -0.1) is 0 Å². The lowest BCUT2D eigenvalue weighted by molar-refractivity contribution is 0.211. The standard InChI is InChI=1S/C15H17NO3/c1-12-13(11-17)7-8-15(16-12)19-10-9-18-14-5-3-2-4-6-14/h2-8,17H,9-11H2,1H3. The molecule has 4 heteroatoms. The topological polar surface area (TPSA) is 51.6 Å². The first kappa shape index (κ1) is 13.4. The van der Waals surface area contributed by atoms with Crippen LogP contribution in [-0.4, -0.2) is 23.3 Å². The van der Waals surface area contributed by atoms with Gasteiger partial charge in [0.15, 0.2) is 0 Å². The third-order valence-electron chi connectivity index (χ3n) is 2.69. The molecule has 1 N–H and O–H groups in total. The lowest BCUT2D eigenvalue weighted by Crippen LogP contribution is -2.10. The molecular weight excluding hydrogens is 242 g/mol. The molecule has 2 rings (SSSR count). The van der Waals surface area contributed by atoms with Gasteiger partial charge in [-0.25, -0.2) is 4.98 Å². The number of nitrogens with zero attached hydrogens (tertiary/aromatic N) is 1. The van der Waals surface area contributed by atoms with Crippen molar-refractivity contribution in [3.8, 4) is 11.6 Å². The van der Waals surface area contributed by atoms with Crippen LogP contribution in [0.1, 0.15) is 11.3 Å². The number of aliphatic hydroxyl groups excluding tert-OH is 1. The van der Waals surface area contributed by atoms with Gasteiger partial charge in [0.1, 0.15) is 19.0 Å². The summed E-state index contributed by atoms with van der Waals surface area (Å²) in [6.07, 6.45) is 0. The average molecular weight is 259 g/mol. The van der Waals surface area contributed by atoms with E-state index in [1.807, 2.05) is 43.3 Å². The molecule has 0 atom stereocenters. The largest absolute Gasteiger partial charge is 0.490 e. The quantitative estimate of drug-likeness (QED) is 0.809. The van der Waals surface area contributed by atoms with Crippen molar-refractivity contribution < 1.29 is 14.6 Å². The Morgan fingerprint density at radius 2 is 1.74 bits per heavy atom. The maximum Gasteiger partial charge on any atom is 0.213 e. The normalized spacial score (nSPS) is 10.2. The number of aryl methyl sites for hydroxylation is 1. The van der Waals surface area contributed by atoms with Crippen molar-refractivity contribution in [3.05, 3.63) is 53.7 Å². The number of benzene rings is 1. The molecule has 0 aliphatic carbocycles. The molecule has 0 aliphatic rings. The molecule has 100 valence electrons. The Bertz CT molecular complexity index is 514. The fraction of sp³-hybridized carbons (Fsp3) is 0.267. The van der Waals surface area contributed by atoms with Gasteiger partial charge in [-0.1, -0.05) is 18.2 Å². The predicted molar refractivity (Wildman–Crippen MR) is 72.3 cm³/mol. The summed E-state index contributed by atoms with van der Waals surface area (Å²) >= 11 is 0. The SMILES string of the molecule is Cc1nc(OCCOc2ccccc2)ccc1CO. The van der Waals surface area contributed by atoms with Crippen LogP contribution in [0.2, 0.25) is 0 Å². The van der Waals surface area contributed by atoms with E-state index in [1.54, 1.807) is 6.07 Å². The molecule has 2 aromatic rings. The van der Waals surface area contributed by atoms with E-state index in [2.05, 4.69) is 4.98 Å². The van der Waals surface area contributed by atoms with Gasteiger partial charge in [0.05, 0.1) is 6.61 Å². The summed E-state index contributed by atoms with van der Waals surface area (Å²) in [6.45, 7) is 2.74. The van der Waals surface area contributed by atoms with Crippen LogP contribution in [0, 0.1) is 6.92 Å². The van der Waals surface area contributed by atoms with Crippen molar-refractivity contribution in [2.24, 2.45) is 0 Å². The fourth-order valence-electron chi connectivity index (χ4n) is 1.64. The molecule has 0 bridgehead atoms. The molecule has 1 aromatic carbocycles. The van der Waals surface area contributed by atoms with E-state index in [-0.39, 0.29) is 6.61 Å². The van der Waals surface area contributed by atoms with Crippen LogP contribution in [-0.2, 0) is 6.61 Å². The zero-order chi connectivity index (χ0) is 13.5. The second kappa shape index (κ2) is 6.75. The van der Waals surface area contributed by atoms with E-state index in [0.29, 0.717) is 19.1 Å². The van der Waals surface area contributed by atoms with Crippen LogP contribution in [0.25, 0.3) is 0 Å². The van der Waals surface area contributed by atoms with Gasteiger partial charge in [0.25, 0.3) is 0 Å². The number of aromatic nitrogens is 1. The molecule has 19 heavy (non-hydrogen) atoms. The number of para-hydroxylation sites is 1. The zero-order valence-electron chi connectivity index (χ0n) is 10.9. The van der Waals surface area contributed by atoms with Gasteiger partial charge in [-0.3, -0.25) is 0 Å². The molecule has 0 spiro atoms. The Morgan fingerprint density at radius 3 is 2.42 bits per heavy atom. The molecule has 0 fully saturated rings. The highest BCUT2D eigenvalue weighted by Crippen LogP contribution is 2.12. The van der Waals surface area contributed by atoms with Crippen molar-refractivity contribution >= 4 is 0 Å². The number of aliphatic hydroxyl groups is 1. The maximum atomic E-state index is 9.05. The Labute approximate surface area is 112 Å². The van der Waals surface area contributed by atoms with E-state index >= 15 is 0 Å². The number of hydrogen-bond donors (Lipinski definition) is 1. The van der Waals surface area contributed by atoms with Gasteiger partial charge in [0.2, 0.25) is 5.88 Å². The molecule has 1 heterocycles. The number of pyridine rings is 1. The smallest absolute Gasteiger partial charge is 0.213 e. The van der Waals surface area contributed by atoms with Crippen molar-refractivity contribution in [3.63, 3.8) is 0 Å². The highest BCUT2D eigenvalue weighted by molar-refractivity contribution is 5.24. The van der Waals surface area contributed by atoms with Crippen molar-refractivity contribution in [2.75, 3.05) is 13.2 Å². The summed E-state index contributed by atoms with van der Waals surface area (Å²) < 4.78 is 11.0. The summed E-state index contributed by atoms with van der Waals surface area (Å²) in [7, 11) is 0. The summed E-state index contributed by atoms with van der Waals surface area (Å²) in [5.74, 6) is 1.37. The molecule has 0 radical (unpaired) electrons. The predicted octanol–water partition coefficient (Wildman–Crippen LogP) is 2.34. The summed E-state index contributed by atoms with van der Waals surface area (Å²) in [5.41, 5.74) is 1.59. The summed E-state index contributed by atoms with van der Waals surface area (Å²) in [6, 6.07) is 13.2. The van der Waals surface area contributed by atoms with Crippen molar-refractivity contribution in [1.29, 1.82) is 0 Å². The second-order valence-electron chi connectivity index (χ2n) is 4.06. The van der Waals surface area contributed by atoms with Gasteiger partial charge in [-0.05, 0) is 30.7 Å². The second-order valence-corrected chi connectivity index (χ2v) is 4.06. The molecule has 4 nitrogen and oxygen atoms in total. The van der Waals surface area contributed by atoms with Crippen LogP contribution in [0.15, 0.2) is 42.5 Å². The fourth-order valence-corrected chi connectivity index (χ4v) is 1.64. The third-order valence-corrected chi connectivity index (χ3v) is 2.69. The lowest BCUT2D eigenvalue weighted by atomic mass is 10.2. The van der Waals surface area contributed by atoms with E-state index in [4.69, 9.17) is 14.6 Å². The van der Waals surface area contributed by atoms with E-state index in [9.17, 15) is 0 Å². The van der Waals surface area contributed by atoms with Crippen LogP contribution < -0.4 is 9.47 Å². The number of ether oxygens (including phenoxy) is 2. The summed E-state index contributed by atoms with van der Waals surface area (Å²) in [5, 5.41) is 9.05. The highest BCUT2D eigenvalue weighted by Gasteiger charge is 2.01. The molecule has 1 aromatic heterocycles. The van der Waals surface area contributed by atoms with E-state index in [0.717, 1.165) is 17.0 Å². The Hall–Kier alpha value is -2.07. The van der Waals surface area contributed by atoms with Crippen LogP contribution in [0.4, 0.5) is 0 Å². The van der Waals surface area contributed by atoms with E-state index in [1.165, 1.54) is 0 Å². The van der Waals surface area contributed by atoms with Crippen LogP contribution in [0.5, 0.6) is 11.6 Å². The Kier molecular flexibility index (Phi) is 4.75. The molecule has 0 unspecified atom stereocenters. The van der Waals surface area contributed by atoms with Crippen molar-refractivity contribution in [2.45, 2.75) is 13.5 Å². The van der Waals surface area contributed by atoms with Gasteiger partial charge < -0.3 is 14.6 Å². The number of rotatable bonds is 6. The minimum absolute atomic E-state index is 0.00374. The molecule has 0 aliphatic heterocycles. The minimum Gasteiger partial charge on any atom is -0.490 e. The molecule has 0 amide bonds. The van der Waals surface area contributed by atoms with Gasteiger partial charge in [0, 0.05) is 11.8 Å². The Morgan fingerprint density at radius 1 is 1.00 bits per heavy atom. The molecular formula is C15H17NO3. The van der Waals surface area contributed by atoms with Gasteiger partial charge in [-0.2, -0.15) is 0 Å². The maximum absolute atomic E-state index is 9.05. The summed E-state index contributed by atoms with van der Waals surface area (Å²) in [4.78, 5) is 4.25. The van der Waals surface area contributed by atoms with Crippen LogP contribution >= 0.6 is 0 Å². The first-order valence-electron chi connectivity index (χ1n) is 6.17.